The van der Waals surface area contributed by atoms with Crippen LogP contribution >= 0.6 is 0 Å². The van der Waals surface area contributed by atoms with E-state index in [2.05, 4.69) is 5.10 Å². The lowest BCUT2D eigenvalue weighted by Crippen LogP contribution is -2.28. The van der Waals surface area contributed by atoms with Crippen LogP contribution in [-0.2, 0) is 6.54 Å². The van der Waals surface area contributed by atoms with Gasteiger partial charge in [-0.05, 0) is 30.7 Å². The quantitative estimate of drug-likeness (QED) is 0.915. The number of rotatable bonds is 3. The van der Waals surface area contributed by atoms with E-state index >= 15 is 0 Å². The molecule has 100 valence electrons. The van der Waals surface area contributed by atoms with E-state index < -0.39 is 17.7 Å². The summed E-state index contributed by atoms with van der Waals surface area (Å²) in [5.74, 6) is -1.89. The van der Waals surface area contributed by atoms with Crippen molar-refractivity contribution in [1.29, 1.82) is 0 Å². The molecule has 1 atom stereocenters. The highest BCUT2D eigenvalue weighted by molar-refractivity contribution is 5.20. The second kappa shape index (κ2) is 5.27. The zero-order valence-corrected chi connectivity index (χ0v) is 10.3. The Morgan fingerprint density at radius 3 is 2.68 bits per heavy atom. The first kappa shape index (κ1) is 13.4. The lowest BCUT2D eigenvalue weighted by molar-refractivity contribution is 0.484. The van der Waals surface area contributed by atoms with Crippen molar-refractivity contribution in [3.05, 3.63) is 63.6 Å². The topological polar surface area (TPSA) is 60.9 Å². The number of hydrogen-bond acceptors (Lipinski definition) is 3. The number of nitrogens with zero attached hydrogens (tertiary/aromatic N) is 2. The Kier molecular flexibility index (Phi) is 3.71. The number of aryl methyl sites for hydroxylation is 1. The van der Waals surface area contributed by atoms with Crippen LogP contribution in [-0.4, -0.2) is 9.78 Å². The second-order valence-corrected chi connectivity index (χ2v) is 4.28. The molecule has 1 aromatic carbocycles. The highest BCUT2D eigenvalue weighted by Crippen LogP contribution is 2.15. The first-order chi connectivity index (χ1) is 8.97. The summed E-state index contributed by atoms with van der Waals surface area (Å²) in [5.41, 5.74) is 6.68. The molecule has 0 bridgehead atoms. The van der Waals surface area contributed by atoms with Crippen LogP contribution < -0.4 is 11.3 Å². The van der Waals surface area contributed by atoms with Gasteiger partial charge in [0.2, 0.25) is 0 Å². The SMILES string of the molecule is Cc1ccc(=O)n(CC(N)c2ccc(F)c(F)c2)n1. The predicted octanol–water partition coefficient (Wildman–Crippen LogP) is 1.53. The molecule has 4 nitrogen and oxygen atoms in total. The maximum atomic E-state index is 13.1. The van der Waals surface area contributed by atoms with E-state index in [1.54, 1.807) is 13.0 Å². The summed E-state index contributed by atoms with van der Waals surface area (Å²) in [4.78, 5) is 11.6. The monoisotopic (exact) mass is 265 g/mol. The van der Waals surface area contributed by atoms with Gasteiger partial charge in [0, 0.05) is 12.1 Å². The zero-order valence-electron chi connectivity index (χ0n) is 10.3. The lowest BCUT2D eigenvalue weighted by atomic mass is 10.1. The highest BCUT2D eigenvalue weighted by Gasteiger charge is 2.11. The Labute approximate surface area is 108 Å². The minimum atomic E-state index is -0.961. The molecule has 2 N–H and O–H groups in total. The van der Waals surface area contributed by atoms with E-state index in [0.29, 0.717) is 11.3 Å². The molecule has 0 aliphatic carbocycles. The standard InChI is InChI=1S/C13H13F2N3O/c1-8-2-5-13(19)18(17-8)7-12(16)9-3-4-10(14)11(15)6-9/h2-6,12H,7,16H2,1H3. The summed E-state index contributed by atoms with van der Waals surface area (Å²) in [6.45, 7) is 1.85. The maximum Gasteiger partial charge on any atom is 0.266 e. The normalized spacial score (nSPS) is 12.4. The third kappa shape index (κ3) is 3.03. The van der Waals surface area contributed by atoms with Crippen LogP contribution in [0.3, 0.4) is 0 Å². The Hall–Kier alpha value is -2.08. The minimum Gasteiger partial charge on any atom is -0.322 e. The van der Waals surface area contributed by atoms with E-state index in [0.717, 1.165) is 12.1 Å². The van der Waals surface area contributed by atoms with Gasteiger partial charge in [-0.3, -0.25) is 4.79 Å². The third-order valence-corrected chi connectivity index (χ3v) is 2.74. The second-order valence-electron chi connectivity index (χ2n) is 4.28. The highest BCUT2D eigenvalue weighted by atomic mass is 19.2. The molecule has 2 rings (SSSR count). The molecule has 6 heteroatoms. The minimum absolute atomic E-state index is 0.103. The predicted molar refractivity (Wildman–Crippen MR) is 66.5 cm³/mol. The molecule has 1 unspecified atom stereocenters. The summed E-state index contributed by atoms with van der Waals surface area (Å²) in [7, 11) is 0. The third-order valence-electron chi connectivity index (χ3n) is 2.74. The average molecular weight is 265 g/mol. The van der Waals surface area contributed by atoms with Crippen LogP contribution in [0.2, 0.25) is 0 Å². The van der Waals surface area contributed by atoms with Crippen LogP contribution in [0.15, 0.2) is 35.1 Å². The number of aromatic nitrogens is 2. The number of nitrogens with two attached hydrogens (primary N) is 1. The van der Waals surface area contributed by atoms with Crippen molar-refractivity contribution < 1.29 is 8.78 Å². The maximum absolute atomic E-state index is 13.1. The van der Waals surface area contributed by atoms with Gasteiger partial charge in [-0.1, -0.05) is 6.07 Å². The van der Waals surface area contributed by atoms with Crippen molar-refractivity contribution in [2.24, 2.45) is 5.73 Å². The molecule has 0 saturated heterocycles. The van der Waals surface area contributed by atoms with Gasteiger partial charge in [0.25, 0.3) is 5.56 Å². The molecule has 1 aromatic heterocycles. The fourth-order valence-corrected chi connectivity index (χ4v) is 1.72. The van der Waals surface area contributed by atoms with E-state index in [1.807, 2.05) is 0 Å². The van der Waals surface area contributed by atoms with E-state index in [-0.39, 0.29) is 12.1 Å². The van der Waals surface area contributed by atoms with Crippen molar-refractivity contribution >= 4 is 0 Å². The number of hydrogen-bond donors (Lipinski definition) is 1. The molecule has 0 spiro atoms. The van der Waals surface area contributed by atoms with Crippen molar-refractivity contribution in [1.82, 2.24) is 9.78 Å². The van der Waals surface area contributed by atoms with Crippen molar-refractivity contribution in [2.75, 3.05) is 0 Å². The molecule has 0 radical (unpaired) electrons. The van der Waals surface area contributed by atoms with Crippen molar-refractivity contribution in [3.63, 3.8) is 0 Å². The summed E-state index contributed by atoms with van der Waals surface area (Å²) in [6, 6.07) is 5.78. The van der Waals surface area contributed by atoms with Crippen LogP contribution in [0.4, 0.5) is 8.78 Å². The first-order valence-electron chi connectivity index (χ1n) is 5.72. The fraction of sp³-hybridized carbons (Fsp3) is 0.231. The summed E-state index contributed by atoms with van der Waals surface area (Å²) in [6.07, 6.45) is 0. The van der Waals surface area contributed by atoms with Crippen molar-refractivity contribution in [3.8, 4) is 0 Å². The fourth-order valence-electron chi connectivity index (χ4n) is 1.72. The van der Waals surface area contributed by atoms with Crippen LogP contribution in [0.5, 0.6) is 0 Å². The van der Waals surface area contributed by atoms with E-state index in [4.69, 9.17) is 5.73 Å². The molecule has 1 heterocycles. The average Bonchev–Trinajstić information content (AvgIpc) is 2.37. The lowest BCUT2D eigenvalue weighted by Gasteiger charge is -2.13. The Bertz CT molecular complexity index is 655. The molecule has 0 amide bonds. The van der Waals surface area contributed by atoms with Gasteiger partial charge in [0.05, 0.1) is 12.2 Å². The number of halogens is 2. The molecule has 0 saturated carbocycles. The van der Waals surface area contributed by atoms with Crippen molar-refractivity contribution in [2.45, 2.75) is 19.5 Å². The molecular formula is C13H13F2N3O. The van der Waals surface area contributed by atoms with E-state index in [1.165, 1.54) is 16.8 Å². The number of benzene rings is 1. The summed E-state index contributed by atoms with van der Waals surface area (Å²) < 4.78 is 27.1. The molecule has 0 aliphatic rings. The van der Waals surface area contributed by atoms with Crippen LogP contribution in [0.1, 0.15) is 17.3 Å². The Morgan fingerprint density at radius 2 is 2.00 bits per heavy atom. The van der Waals surface area contributed by atoms with Gasteiger partial charge in [0.1, 0.15) is 0 Å². The Morgan fingerprint density at radius 1 is 1.26 bits per heavy atom. The first-order valence-corrected chi connectivity index (χ1v) is 5.72. The molecule has 0 aliphatic heterocycles. The van der Waals surface area contributed by atoms with Gasteiger partial charge in [-0.15, -0.1) is 0 Å². The molecule has 0 fully saturated rings. The van der Waals surface area contributed by atoms with E-state index in [9.17, 15) is 13.6 Å². The van der Waals surface area contributed by atoms with Gasteiger partial charge in [-0.25, -0.2) is 13.5 Å². The molecule has 2 aromatic rings. The van der Waals surface area contributed by atoms with Crippen LogP contribution in [0.25, 0.3) is 0 Å². The largest absolute Gasteiger partial charge is 0.322 e. The summed E-state index contributed by atoms with van der Waals surface area (Å²) in [5, 5.41) is 4.03. The molecular weight excluding hydrogens is 252 g/mol. The van der Waals surface area contributed by atoms with Gasteiger partial charge in [0.15, 0.2) is 11.6 Å². The van der Waals surface area contributed by atoms with Crippen LogP contribution in [0, 0.1) is 18.6 Å². The smallest absolute Gasteiger partial charge is 0.266 e. The van der Waals surface area contributed by atoms with Gasteiger partial charge >= 0.3 is 0 Å². The summed E-state index contributed by atoms with van der Waals surface area (Å²) >= 11 is 0. The zero-order chi connectivity index (χ0) is 14.0. The Balaban J connectivity index is 2.25. The van der Waals surface area contributed by atoms with Gasteiger partial charge in [-0.2, -0.15) is 5.10 Å². The van der Waals surface area contributed by atoms with Gasteiger partial charge < -0.3 is 5.73 Å². The molecule has 19 heavy (non-hydrogen) atoms.